The van der Waals surface area contributed by atoms with Crippen molar-refractivity contribution in [3.63, 3.8) is 0 Å². The van der Waals surface area contributed by atoms with Gasteiger partial charge in [0.2, 0.25) is 0 Å². The fourth-order valence-corrected chi connectivity index (χ4v) is 4.63. The zero-order valence-electron chi connectivity index (χ0n) is 20.5. The van der Waals surface area contributed by atoms with Crippen LogP contribution in [0.3, 0.4) is 0 Å². The number of esters is 1. The second-order valence-corrected chi connectivity index (χ2v) is 9.79. The maximum absolute atomic E-state index is 14.8. The van der Waals surface area contributed by atoms with E-state index in [0.717, 1.165) is 37.3 Å². The summed E-state index contributed by atoms with van der Waals surface area (Å²) in [5.41, 5.74) is 3.21. The maximum Gasteiger partial charge on any atom is 0.306 e. The molecule has 0 saturated heterocycles. The number of aromatic nitrogens is 2. The Balaban J connectivity index is 1.39. The highest BCUT2D eigenvalue weighted by molar-refractivity contribution is 6.30. The van der Waals surface area contributed by atoms with Gasteiger partial charge in [-0.2, -0.15) is 0 Å². The first-order valence-corrected chi connectivity index (χ1v) is 12.6. The third-order valence-electron chi connectivity index (χ3n) is 6.31. The first-order chi connectivity index (χ1) is 17.2. The molecule has 4 rings (SSSR count). The van der Waals surface area contributed by atoms with Crippen LogP contribution in [0, 0.1) is 5.92 Å². The molecule has 1 aliphatic rings. The normalized spacial score (nSPS) is 14.8. The Morgan fingerprint density at radius 1 is 1.17 bits per heavy atom. The quantitative estimate of drug-likeness (QED) is 0.325. The van der Waals surface area contributed by atoms with E-state index in [1.165, 1.54) is 12.1 Å². The Labute approximate surface area is 215 Å². The summed E-state index contributed by atoms with van der Waals surface area (Å²) in [7, 11) is 0. The molecule has 0 amide bonds. The molecule has 0 spiro atoms. The largest absolute Gasteiger partial charge is 0.466 e. The van der Waals surface area contributed by atoms with Gasteiger partial charge < -0.3 is 4.74 Å². The average molecular weight is 514 g/mol. The molecule has 0 aliphatic carbocycles. The Bertz CT molecular complexity index is 1190. The van der Waals surface area contributed by atoms with Gasteiger partial charge in [0.25, 0.3) is 5.92 Å². The van der Waals surface area contributed by atoms with Gasteiger partial charge >= 0.3 is 5.97 Å². The number of alkyl halides is 2. The number of rotatable bonds is 9. The van der Waals surface area contributed by atoms with Gasteiger partial charge in [0.1, 0.15) is 0 Å². The van der Waals surface area contributed by atoms with Crippen molar-refractivity contribution in [3.05, 3.63) is 82.1 Å². The van der Waals surface area contributed by atoms with Crippen molar-refractivity contribution < 1.29 is 18.3 Å². The molecule has 3 aromatic rings. The van der Waals surface area contributed by atoms with Crippen LogP contribution >= 0.6 is 11.6 Å². The molecule has 1 aromatic heterocycles. The van der Waals surface area contributed by atoms with E-state index in [4.69, 9.17) is 21.3 Å². The minimum absolute atomic E-state index is 0.0493. The van der Waals surface area contributed by atoms with Crippen molar-refractivity contribution in [2.45, 2.75) is 45.6 Å². The van der Waals surface area contributed by atoms with Gasteiger partial charge in [-0.25, -0.2) is 18.7 Å². The third kappa shape index (κ3) is 6.65. The molecule has 2 heterocycles. The van der Waals surface area contributed by atoms with E-state index in [1.54, 1.807) is 36.4 Å². The molecule has 1 unspecified atom stereocenters. The molecule has 190 valence electrons. The minimum atomic E-state index is -3.00. The number of ether oxygens (including phenoxy) is 1. The molecular weight excluding hydrogens is 484 g/mol. The fraction of sp³-hybridized carbons (Fsp3) is 0.393. The van der Waals surface area contributed by atoms with Crippen LogP contribution in [0.25, 0.3) is 11.4 Å². The van der Waals surface area contributed by atoms with Crippen LogP contribution in [0.1, 0.15) is 42.7 Å². The topological polar surface area (TPSA) is 55.3 Å². The molecule has 0 saturated carbocycles. The molecule has 1 atom stereocenters. The van der Waals surface area contributed by atoms with Gasteiger partial charge in [-0.3, -0.25) is 9.69 Å². The zero-order valence-corrected chi connectivity index (χ0v) is 21.3. The van der Waals surface area contributed by atoms with Gasteiger partial charge in [0.15, 0.2) is 5.82 Å². The molecule has 1 aliphatic heterocycles. The summed E-state index contributed by atoms with van der Waals surface area (Å²) in [5, 5.41) is 0.521. The fourth-order valence-electron chi connectivity index (χ4n) is 4.50. The van der Waals surface area contributed by atoms with Crippen molar-refractivity contribution in [1.82, 2.24) is 14.9 Å². The smallest absolute Gasteiger partial charge is 0.306 e. The van der Waals surface area contributed by atoms with Crippen LogP contribution < -0.4 is 0 Å². The summed E-state index contributed by atoms with van der Waals surface area (Å²) in [6.45, 7) is 6.62. The lowest BCUT2D eigenvalue weighted by molar-refractivity contribution is -0.144. The summed E-state index contributed by atoms with van der Waals surface area (Å²) in [6.07, 6.45) is 2.60. The van der Waals surface area contributed by atoms with Gasteiger partial charge in [0.05, 0.1) is 12.3 Å². The highest BCUT2D eigenvalue weighted by Gasteiger charge is 2.32. The number of carbonyl (C=O) groups is 1. The van der Waals surface area contributed by atoms with Crippen LogP contribution in [0.2, 0.25) is 5.02 Å². The van der Waals surface area contributed by atoms with Gasteiger partial charge in [-0.05, 0) is 30.5 Å². The highest BCUT2D eigenvalue weighted by Crippen LogP contribution is 2.33. The van der Waals surface area contributed by atoms with E-state index in [-0.39, 0.29) is 17.5 Å². The van der Waals surface area contributed by atoms with Crippen LogP contribution in [-0.4, -0.2) is 40.5 Å². The number of halogens is 3. The Morgan fingerprint density at radius 2 is 1.89 bits per heavy atom. The molecule has 36 heavy (non-hydrogen) atoms. The average Bonchev–Trinajstić information content (AvgIpc) is 2.85. The molecule has 0 bridgehead atoms. The van der Waals surface area contributed by atoms with E-state index in [2.05, 4.69) is 16.8 Å². The van der Waals surface area contributed by atoms with E-state index in [0.29, 0.717) is 35.0 Å². The number of benzene rings is 2. The van der Waals surface area contributed by atoms with E-state index in [9.17, 15) is 13.6 Å². The molecule has 5 nitrogen and oxygen atoms in total. The monoisotopic (exact) mass is 513 g/mol. The third-order valence-corrected chi connectivity index (χ3v) is 6.56. The first-order valence-electron chi connectivity index (χ1n) is 12.2. The van der Waals surface area contributed by atoms with Crippen molar-refractivity contribution in [3.8, 4) is 11.4 Å². The number of hydrogen-bond acceptors (Lipinski definition) is 5. The Hall–Kier alpha value is -2.90. The summed E-state index contributed by atoms with van der Waals surface area (Å²) < 4.78 is 34.7. The molecule has 8 heteroatoms. The highest BCUT2D eigenvalue weighted by atomic mass is 35.5. The minimum Gasteiger partial charge on any atom is -0.466 e. The summed E-state index contributed by atoms with van der Waals surface area (Å²) in [6, 6.07) is 12.7. The van der Waals surface area contributed by atoms with Crippen molar-refractivity contribution >= 4 is 17.6 Å². The van der Waals surface area contributed by atoms with Crippen molar-refractivity contribution in [1.29, 1.82) is 0 Å². The first kappa shape index (κ1) is 26.2. The number of fused-ring (bicyclic) bond motifs is 1. The summed E-state index contributed by atoms with van der Waals surface area (Å²) in [5.74, 6) is -2.44. The molecule has 2 aromatic carbocycles. The lowest BCUT2D eigenvalue weighted by atomic mass is 9.99. The van der Waals surface area contributed by atoms with Crippen molar-refractivity contribution in [2.24, 2.45) is 5.92 Å². The van der Waals surface area contributed by atoms with E-state index in [1.807, 2.05) is 13.1 Å². The van der Waals surface area contributed by atoms with E-state index >= 15 is 0 Å². The van der Waals surface area contributed by atoms with Gasteiger partial charge in [0, 0.05) is 66.8 Å². The zero-order chi connectivity index (χ0) is 25.7. The Morgan fingerprint density at radius 3 is 2.58 bits per heavy atom. The lowest BCUT2D eigenvalue weighted by Gasteiger charge is -2.30. The van der Waals surface area contributed by atoms with Crippen molar-refractivity contribution in [2.75, 3.05) is 19.7 Å². The maximum atomic E-state index is 14.8. The molecule has 0 radical (unpaired) electrons. The number of nitrogens with zero attached hydrogens (tertiary/aromatic N) is 3. The van der Waals surface area contributed by atoms with E-state index < -0.39 is 12.3 Å². The second kappa shape index (κ2) is 11.4. The molecule has 0 N–H and O–H groups in total. The molecular formula is C28H30ClF2N3O2. The predicted molar refractivity (Wildman–Crippen MR) is 136 cm³/mol. The van der Waals surface area contributed by atoms with Crippen LogP contribution in [0.5, 0.6) is 0 Å². The SMILES string of the molecule is CCOC(=O)CC(C)CN1CCc2nc(-c3ccc(C(F)(F)Cc4ccc(Cl)cc4)cc3)ncc2C1. The Kier molecular flexibility index (Phi) is 8.32. The predicted octanol–water partition coefficient (Wildman–Crippen LogP) is 6.08. The summed E-state index contributed by atoms with van der Waals surface area (Å²) in [4.78, 5) is 23.3. The van der Waals surface area contributed by atoms with Gasteiger partial charge in [-0.1, -0.05) is 54.9 Å². The second-order valence-electron chi connectivity index (χ2n) is 9.35. The lowest BCUT2D eigenvalue weighted by Crippen LogP contribution is -2.35. The number of hydrogen-bond donors (Lipinski definition) is 0. The van der Waals surface area contributed by atoms with Crippen LogP contribution in [0.15, 0.2) is 54.7 Å². The van der Waals surface area contributed by atoms with Crippen LogP contribution in [-0.2, 0) is 34.8 Å². The standard InChI is InChI=1S/C28H30ClF2N3O2/c1-3-36-26(35)14-19(2)17-34-13-12-25-22(18-34)16-32-27(33-25)21-6-8-23(9-7-21)28(30,31)15-20-4-10-24(29)11-5-20/h4-11,16,19H,3,12-15,17-18H2,1-2H3. The van der Waals surface area contributed by atoms with Crippen LogP contribution in [0.4, 0.5) is 8.78 Å². The summed E-state index contributed by atoms with van der Waals surface area (Å²) >= 11 is 5.86. The van der Waals surface area contributed by atoms with Gasteiger partial charge in [-0.15, -0.1) is 0 Å². The number of carbonyl (C=O) groups excluding carboxylic acids is 1. The molecule has 0 fully saturated rings.